The number of alkyl halides is 6. The molecule has 2 aromatic carbocycles. The predicted molar refractivity (Wildman–Crippen MR) is 137 cm³/mol. The number of ether oxygens (including phenoxy) is 2. The molecule has 0 fully saturated rings. The van der Waals surface area contributed by atoms with Crippen LogP contribution in [0.2, 0.25) is 0 Å². The molecule has 228 valence electrons. The Balaban J connectivity index is 1.90. The van der Waals surface area contributed by atoms with E-state index in [-0.39, 0.29) is 36.5 Å². The van der Waals surface area contributed by atoms with Gasteiger partial charge in [0.1, 0.15) is 12.4 Å². The first-order valence-electron chi connectivity index (χ1n) is 12.9. The molecule has 0 radical (unpaired) electrons. The van der Waals surface area contributed by atoms with E-state index in [1.54, 1.807) is 25.1 Å². The molecule has 0 saturated carbocycles. The molecule has 2 atom stereocenters. The van der Waals surface area contributed by atoms with E-state index in [4.69, 9.17) is 14.0 Å². The second-order valence-electron chi connectivity index (χ2n) is 9.50. The summed E-state index contributed by atoms with van der Waals surface area (Å²) in [5, 5.41) is 13.3. The van der Waals surface area contributed by atoms with Crippen molar-refractivity contribution in [2.24, 2.45) is 0 Å². The maximum absolute atomic E-state index is 13.6. The Morgan fingerprint density at radius 3 is 2.29 bits per heavy atom. The van der Waals surface area contributed by atoms with Crippen molar-refractivity contribution in [2.75, 3.05) is 23.5 Å². The fourth-order valence-electron chi connectivity index (χ4n) is 4.97. The molecule has 3 aromatic rings. The van der Waals surface area contributed by atoms with Gasteiger partial charge in [-0.05, 0) is 66.9 Å². The molecule has 9 nitrogen and oxygen atoms in total. The number of hydrogen-bond acceptors (Lipinski definition) is 8. The first-order chi connectivity index (χ1) is 19.8. The van der Waals surface area contributed by atoms with Gasteiger partial charge in [-0.1, -0.05) is 6.92 Å². The molecular formula is C27H28F6N4O5. The Kier molecular flexibility index (Phi) is 8.89. The SMILES string of the molecule is CCOC(=O)N1c2ccc(OC)cc2[C@@H](N(Cc2cc(C(F)(F)F)cc(C(F)(F)F)c2)c2noc(CO)n2)C[C@H]1CC. The quantitative estimate of drug-likeness (QED) is 0.292. The highest BCUT2D eigenvalue weighted by molar-refractivity contribution is 5.90. The Labute approximate surface area is 236 Å². The summed E-state index contributed by atoms with van der Waals surface area (Å²) in [5.41, 5.74) is -2.39. The van der Waals surface area contributed by atoms with E-state index in [0.29, 0.717) is 35.6 Å². The van der Waals surface area contributed by atoms with E-state index in [2.05, 4.69) is 10.1 Å². The second kappa shape index (κ2) is 12.1. The van der Waals surface area contributed by atoms with Gasteiger partial charge in [0, 0.05) is 18.2 Å². The van der Waals surface area contributed by atoms with Crippen molar-refractivity contribution < 1.29 is 50.2 Å². The lowest BCUT2D eigenvalue weighted by molar-refractivity contribution is -0.143. The minimum atomic E-state index is -5.05. The van der Waals surface area contributed by atoms with E-state index >= 15 is 0 Å². The summed E-state index contributed by atoms with van der Waals surface area (Å²) in [7, 11) is 1.42. The zero-order valence-corrected chi connectivity index (χ0v) is 22.8. The highest BCUT2D eigenvalue weighted by Gasteiger charge is 2.41. The van der Waals surface area contributed by atoms with Crippen LogP contribution >= 0.6 is 0 Å². The third kappa shape index (κ3) is 6.40. The number of carbonyl (C=O) groups is 1. The molecule has 1 aliphatic rings. The maximum atomic E-state index is 13.6. The third-order valence-corrected chi connectivity index (χ3v) is 6.88. The zero-order chi connectivity index (χ0) is 30.8. The lowest BCUT2D eigenvalue weighted by Crippen LogP contribution is -2.48. The van der Waals surface area contributed by atoms with E-state index in [0.717, 1.165) is 0 Å². The molecule has 1 N–H and O–H groups in total. The van der Waals surface area contributed by atoms with Gasteiger partial charge in [0.15, 0.2) is 0 Å². The van der Waals surface area contributed by atoms with Crippen LogP contribution in [0.5, 0.6) is 5.75 Å². The van der Waals surface area contributed by atoms with Crippen LogP contribution in [-0.4, -0.2) is 41.1 Å². The second-order valence-corrected chi connectivity index (χ2v) is 9.50. The lowest BCUT2D eigenvalue weighted by atomic mass is 9.88. The highest BCUT2D eigenvalue weighted by Crippen LogP contribution is 2.45. The van der Waals surface area contributed by atoms with Gasteiger partial charge in [0.05, 0.1) is 36.6 Å². The van der Waals surface area contributed by atoms with Crippen LogP contribution in [0.15, 0.2) is 40.9 Å². The predicted octanol–water partition coefficient (Wildman–Crippen LogP) is 6.50. The smallest absolute Gasteiger partial charge is 0.416 e. The van der Waals surface area contributed by atoms with Gasteiger partial charge in [-0.2, -0.15) is 31.3 Å². The first-order valence-corrected chi connectivity index (χ1v) is 12.9. The molecule has 0 unspecified atom stereocenters. The van der Waals surface area contributed by atoms with Gasteiger partial charge >= 0.3 is 18.4 Å². The molecule has 0 saturated heterocycles. The van der Waals surface area contributed by atoms with Crippen molar-refractivity contribution >= 4 is 17.7 Å². The Morgan fingerprint density at radius 1 is 1.10 bits per heavy atom. The summed E-state index contributed by atoms with van der Waals surface area (Å²) in [4.78, 5) is 20.0. The summed E-state index contributed by atoms with van der Waals surface area (Å²) in [6, 6.07) is 4.92. The number of hydrogen-bond donors (Lipinski definition) is 1. The number of halogens is 6. The normalized spacial score (nSPS) is 17.1. The number of methoxy groups -OCH3 is 1. The average molecular weight is 603 g/mol. The third-order valence-electron chi connectivity index (χ3n) is 6.88. The van der Waals surface area contributed by atoms with Gasteiger partial charge in [-0.3, -0.25) is 4.90 Å². The van der Waals surface area contributed by atoms with Crippen LogP contribution in [-0.2, 0) is 30.2 Å². The molecule has 0 aliphatic carbocycles. The number of aliphatic hydroxyl groups excluding tert-OH is 1. The Morgan fingerprint density at radius 2 is 1.76 bits per heavy atom. The minimum Gasteiger partial charge on any atom is -0.497 e. The van der Waals surface area contributed by atoms with E-state index in [9.17, 15) is 36.2 Å². The summed E-state index contributed by atoms with van der Waals surface area (Å²) < 4.78 is 97.6. The fraction of sp³-hybridized carbons (Fsp3) is 0.444. The number of aliphatic hydroxyl groups is 1. The number of aromatic nitrogens is 2. The topological polar surface area (TPSA) is 101 Å². The van der Waals surface area contributed by atoms with E-state index < -0.39 is 54.8 Å². The minimum absolute atomic E-state index is 0.0527. The summed E-state index contributed by atoms with van der Waals surface area (Å²) in [5.74, 6) is 0.000149. The van der Waals surface area contributed by atoms with Crippen LogP contribution in [0.25, 0.3) is 0 Å². The van der Waals surface area contributed by atoms with Crippen molar-refractivity contribution in [3.63, 3.8) is 0 Å². The van der Waals surface area contributed by atoms with Crippen molar-refractivity contribution in [1.82, 2.24) is 10.1 Å². The van der Waals surface area contributed by atoms with E-state index in [1.165, 1.54) is 16.9 Å². The molecule has 42 heavy (non-hydrogen) atoms. The number of benzene rings is 2. The average Bonchev–Trinajstić information content (AvgIpc) is 3.43. The standard InChI is InChI=1S/C27H28F6N4O5/c1-4-18-11-22(20-12-19(40-3)6-7-21(20)37(18)25(39)41-5-2)36(24-34-23(14-38)42-35-24)13-15-8-16(26(28,29)30)10-17(9-15)27(31,32)33/h6-10,12,18,22,38H,4-5,11,13-14H2,1-3H3/t18-,22+/m1/s1. The van der Waals surface area contributed by atoms with Crippen LogP contribution in [0.4, 0.5) is 42.8 Å². The molecule has 1 aromatic heterocycles. The number of rotatable bonds is 8. The number of nitrogens with zero attached hydrogens (tertiary/aromatic N) is 4. The van der Waals surface area contributed by atoms with Crippen LogP contribution in [0.3, 0.4) is 0 Å². The van der Waals surface area contributed by atoms with E-state index in [1.807, 2.05) is 6.92 Å². The van der Waals surface area contributed by atoms with Crippen LogP contribution in [0.1, 0.15) is 60.9 Å². The molecule has 1 aliphatic heterocycles. The molecular weight excluding hydrogens is 574 g/mol. The lowest BCUT2D eigenvalue weighted by Gasteiger charge is -2.43. The van der Waals surface area contributed by atoms with Crippen LogP contribution in [0, 0.1) is 0 Å². The van der Waals surface area contributed by atoms with Crippen molar-refractivity contribution in [1.29, 1.82) is 0 Å². The highest BCUT2D eigenvalue weighted by atomic mass is 19.4. The maximum Gasteiger partial charge on any atom is 0.416 e. The van der Waals surface area contributed by atoms with Crippen LogP contribution < -0.4 is 14.5 Å². The number of fused-ring (bicyclic) bond motifs is 1. The molecule has 0 bridgehead atoms. The van der Waals surface area contributed by atoms with Gasteiger partial charge in [-0.25, -0.2) is 4.79 Å². The van der Waals surface area contributed by atoms with Gasteiger partial charge in [0.2, 0.25) is 0 Å². The Bertz CT molecular complexity index is 1380. The summed E-state index contributed by atoms with van der Waals surface area (Å²) >= 11 is 0. The van der Waals surface area contributed by atoms with Gasteiger partial charge in [-0.15, -0.1) is 0 Å². The van der Waals surface area contributed by atoms with Crippen molar-refractivity contribution in [2.45, 2.75) is 64.3 Å². The fourth-order valence-corrected chi connectivity index (χ4v) is 4.97. The number of amides is 1. The van der Waals surface area contributed by atoms with Crippen molar-refractivity contribution in [3.05, 3.63) is 64.5 Å². The molecule has 15 heteroatoms. The zero-order valence-electron chi connectivity index (χ0n) is 22.8. The summed E-state index contributed by atoms with van der Waals surface area (Å²) in [6.45, 7) is 2.44. The molecule has 0 spiro atoms. The van der Waals surface area contributed by atoms with Gasteiger partial charge in [0.25, 0.3) is 11.8 Å². The van der Waals surface area contributed by atoms with Crippen molar-refractivity contribution in [3.8, 4) is 5.75 Å². The summed E-state index contributed by atoms with van der Waals surface area (Å²) in [6.07, 6.45) is -10.1. The first kappa shape index (κ1) is 30.9. The molecule has 4 rings (SSSR count). The van der Waals surface area contributed by atoms with Gasteiger partial charge < -0.3 is 24.0 Å². The molecule has 1 amide bonds. The number of anilines is 2. The Hall–Kier alpha value is -4.01. The largest absolute Gasteiger partial charge is 0.497 e. The molecule has 2 heterocycles. The monoisotopic (exact) mass is 602 g/mol. The number of carbonyl (C=O) groups excluding carboxylic acids is 1.